The number of carbonyl (C=O) groups is 1. The normalized spacial score (nSPS) is 11.1. The third kappa shape index (κ3) is 4.50. The number of amides is 1. The highest BCUT2D eigenvalue weighted by molar-refractivity contribution is 5.98. The number of hydrogen-bond donors (Lipinski definition) is 1. The van der Waals surface area contributed by atoms with Crippen LogP contribution >= 0.6 is 0 Å². The molecular weight excluding hydrogens is 245 g/mol. The van der Waals surface area contributed by atoms with Crippen LogP contribution < -0.4 is 5.73 Å². The average molecular weight is 267 g/mol. The summed E-state index contributed by atoms with van der Waals surface area (Å²) in [4.78, 5) is 17.8. The smallest absolute Gasteiger partial charge is 0.257 e. The monoisotopic (exact) mass is 267 g/mol. The molecule has 19 heavy (non-hydrogen) atoms. The van der Waals surface area contributed by atoms with E-state index in [0.717, 1.165) is 12.3 Å². The zero-order valence-corrected chi connectivity index (χ0v) is 12.0. The van der Waals surface area contributed by atoms with E-state index < -0.39 is 5.82 Å². The van der Waals surface area contributed by atoms with E-state index in [2.05, 4.69) is 4.98 Å². The molecule has 0 spiro atoms. The number of pyridine rings is 1. The number of hydrogen-bond acceptors (Lipinski definition) is 3. The first-order chi connectivity index (χ1) is 8.81. The molecule has 1 heterocycles. The van der Waals surface area contributed by atoms with E-state index in [1.54, 1.807) is 4.90 Å². The first-order valence-electron chi connectivity index (χ1n) is 6.51. The summed E-state index contributed by atoms with van der Waals surface area (Å²) >= 11 is 0. The highest BCUT2D eigenvalue weighted by Gasteiger charge is 2.21. The van der Waals surface area contributed by atoms with E-state index >= 15 is 0 Å². The van der Waals surface area contributed by atoms with Crippen LogP contribution in [0.2, 0.25) is 0 Å². The molecule has 5 heteroatoms. The average Bonchev–Trinajstić information content (AvgIpc) is 2.29. The summed E-state index contributed by atoms with van der Waals surface area (Å²) in [5.41, 5.74) is 5.80. The minimum atomic E-state index is -0.549. The molecule has 1 amide bonds. The maximum atomic E-state index is 13.2. The number of rotatable bonds is 5. The zero-order valence-electron chi connectivity index (χ0n) is 12.0. The first-order valence-corrected chi connectivity index (χ1v) is 6.51. The zero-order chi connectivity index (χ0) is 14.6. The maximum absolute atomic E-state index is 13.2. The number of halogens is 1. The van der Waals surface area contributed by atoms with Crippen molar-refractivity contribution in [3.05, 3.63) is 23.6 Å². The van der Waals surface area contributed by atoms with Gasteiger partial charge in [0.25, 0.3) is 5.91 Å². The van der Waals surface area contributed by atoms with Crippen LogP contribution in [0.15, 0.2) is 12.3 Å². The summed E-state index contributed by atoms with van der Waals surface area (Å²) in [7, 11) is 0. The SMILES string of the molecule is CC(C)CN(CC(C)C)C(=O)c1cc(F)cnc1N. The van der Waals surface area contributed by atoms with Gasteiger partial charge in [0.15, 0.2) is 0 Å². The molecule has 1 aromatic rings. The molecule has 106 valence electrons. The Bertz CT molecular complexity index is 436. The second-order valence-electron chi connectivity index (χ2n) is 5.58. The fraction of sp³-hybridized carbons (Fsp3) is 0.571. The number of nitrogens with two attached hydrogens (primary N) is 1. The fourth-order valence-electron chi connectivity index (χ4n) is 1.91. The van der Waals surface area contributed by atoms with Crippen molar-refractivity contribution in [3.63, 3.8) is 0 Å². The predicted octanol–water partition coefficient (Wildman–Crippen LogP) is 2.56. The first kappa shape index (κ1) is 15.4. The van der Waals surface area contributed by atoms with Gasteiger partial charge >= 0.3 is 0 Å². The molecule has 1 rings (SSSR count). The van der Waals surface area contributed by atoms with Gasteiger partial charge in [0.2, 0.25) is 0 Å². The van der Waals surface area contributed by atoms with Gasteiger partial charge in [0.05, 0.1) is 11.8 Å². The van der Waals surface area contributed by atoms with Gasteiger partial charge in [-0.3, -0.25) is 4.79 Å². The number of aromatic nitrogens is 1. The predicted molar refractivity (Wildman–Crippen MR) is 74.2 cm³/mol. The van der Waals surface area contributed by atoms with E-state index in [-0.39, 0.29) is 17.3 Å². The maximum Gasteiger partial charge on any atom is 0.257 e. The minimum Gasteiger partial charge on any atom is -0.383 e. The fourth-order valence-corrected chi connectivity index (χ4v) is 1.91. The number of anilines is 1. The Morgan fingerprint density at radius 1 is 1.32 bits per heavy atom. The van der Waals surface area contributed by atoms with Crippen molar-refractivity contribution in [2.45, 2.75) is 27.7 Å². The summed E-state index contributed by atoms with van der Waals surface area (Å²) in [5, 5.41) is 0. The van der Waals surface area contributed by atoms with Crippen LogP contribution in [0.3, 0.4) is 0 Å². The summed E-state index contributed by atoms with van der Waals surface area (Å²) in [6, 6.07) is 1.15. The van der Waals surface area contributed by atoms with Gasteiger partial charge in [0.1, 0.15) is 11.6 Å². The van der Waals surface area contributed by atoms with E-state index in [4.69, 9.17) is 5.73 Å². The van der Waals surface area contributed by atoms with Crippen molar-refractivity contribution >= 4 is 11.7 Å². The number of nitrogens with zero attached hydrogens (tertiary/aromatic N) is 2. The van der Waals surface area contributed by atoms with Crippen LogP contribution in [0.25, 0.3) is 0 Å². The molecule has 4 nitrogen and oxygen atoms in total. The van der Waals surface area contributed by atoms with Crippen LogP contribution in [-0.2, 0) is 0 Å². The Kier molecular flexibility index (Phi) is 5.27. The quantitative estimate of drug-likeness (QED) is 0.892. The third-order valence-electron chi connectivity index (χ3n) is 2.57. The van der Waals surface area contributed by atoms with Gasteiger partial charge < -0.3 is 10.6 Å². The van der Waals surface area contributed by atoms with Crippen LogP contribution in [0.5, 0.6) is 0 Å². The number of nitrogen functional groups attached to an aromatic ring is 1. The third-order valence-corrected chi connectivity index (χ3v) is 2.57. The van der Waals surface area contributed by atoms with E-state index in [1.165, 1.54) is 0 Å². The van der Waals surface area contributed by atoms with Crippen molar-refractivity contribution in [2.24, 2.45) is 11.8 Å². The molecule has 0 bridgehead atoms. The molecule has 0 saturated carbocycles. The molecule has 0 aliphatic rings. The lowest BCUT2D eigenvalue weighted by Gasteiger charge is -2.26. The van der Waals surface area contributed by atoms with Crippen molar-refractivity contribution < 1.29 is 9.18 Å². The van der Waals surface area contributed by atoms with Gasteiger partial charge in [-0.15, -0.1) is 0 Å². The van der Waals surface area contributed by atoms with Gasteiger partial charge in [-0.1, -0.05) is 27.7 Å². The molecule has 0 fully saturated rings. The van der Waals surface area contributed by atoms with Gasteiger partial charge in [-0.05, 0) is 17.9 Å². The van der Waals surface area contributed by atoms with E-state index in [0.29, 0.717) is 24.9 Å². The second kappa shape index (κ2) is 6.50. The van der Waals surface area contributed by atoms with Gasteiger partial charge in [-0.25, -0.2) is 9.37 Å². The lowest BCUT2D eigenvalue weighted by Crippen LogP contribution is -2.37. The van der Waals surface area contributed by atoms with Crippen LogP contribution in [-0.4, -0.2) is 28.9 Å². The van der Waals surface area contributed by atoms with Crippen LogP contribution in [0, 0.1) is 17.7 Å². The summed E-state index contributed by atoms with van der Waals surface area (Å²) < 4.78 is 13.2. The standard InChI is InChI=1S/C14H22FN3O/c1-9(2)7-18(8-10(3)4)14(19)12-5-11(15)6-17-13(12)16/h5-6,9-10H,7-8H2,1-4H3,(H2,16,17). The van der Waals surface area contributed by atoms with Crippen molar-refractivity contribution in [1.29, 1.82) is 0 Å². The molecule has 0 unspecified atom stereocenters. The molecule has 0 aromatic carbocycles. The highest BCUT2D eigenvalue weighted by Crippen LogP contribution is 2.15. The Morgan fingerprint density at radius 3 is 2.32 bits per heavy atom. The Balaban J connectivity index is 3.00. The topological polar surface area (TPSA) is 59.2 Å². The number of carbonyl (C=O) groups excluding carboxylic acids is 1. The van der Waals surface area contributed by atoms with Crippen molar-refractivity contribution in [2.75, 3.05) is 18.8 Å². The lowest BCUT2D eigenvalue weighted by molar-refractivity contribution is 0.0715. The summed E-state index contributed by atoms with van der Waals surface area (Å²) in [5.74, 6) is -0.0571. The highest BCUT2D eigenvalue weighted by atomic mass is 19.1. The molecule has 0 saturated heterocycles. The molecular formula is C14H22FN3O. The molecule has 1 aromatic heterocycles. The van der Waals surface area contributed by atoms with Crippen molar-refractivity contribution in [3.8, 4) is 0 Å². The summed E-state index contributed by atoms with van der Waals surface area (Å²) in [6.07, 6.45) is 1.02. The lowest BCUT2D eigenvalue weighted by atomic mass is 10.1. The second-order valence-corrected chi connectivity index (χ2v) is 5.58. The van der Waals surface area contributed by atoms with Crippen LogP contribution in [0.4, 0.5) is 10.2 Å². The largest absolute Gasteiger partial charge is 0.383 e. The van der Waals surface area contributed by atoms with Gasteiger partial charge in [-0.2, -0.15) is 0 Å². The molecule has 0 aliphatic heterocycles. The van der Waals surface area contributed by atoms with E-state index in [1.807, 2.05) is 27.7 Å². The summed E-state index contributed by atoms with van der Waals surface area (Å²) in [6.45, 7) is 9.38. The Morgan fingerprint density at radius 2 is 1.84 bits per heavy atom. The van der Waals surface area contributed by atoms with Gasteiger partial charge in [0, 0.05) is 13.1 Å². The van der Waals surface area contributed by atoms with Crippen LogP contribution in [0.1, 0.15) is 38.1 Å². The molecule has 0 atom stereocenters. The minimum absolute atomic E-state index is 0.0731. The molecule has 0 radical (unpaired) electrons. The Labute approximate surface area is 113 Å². The Hall–Kier alpha value is -1.65. The molecule has 0 aliphatic carbocycles. The molecule has 2 N–H and O–H groups in total. The van der Waals surface area contributed by atoms with Crippen molar-refractivity contribution in [1.82, 2.24) is 9.88 Å². The van der Waals surface area contributed by atoms with E-state index in [9.17, 15) is 9.18 Å².